The highest BCUT2D eigenvalue weighted by Gasteiger charge is 2.36. The number of nitrogens with zero attached hydrogens (tertiary/aromatic N) is 4. The van der Waals surface area contributed by atoms with Gasteiger partial charge in [0.1, 0.15) is 5.82 Å². The molecule has 0 spiro atoms. The third kappa shape index (κ3) is 3.67. The van der Waals surface area contributed by atoms with Crippen molar-refractivity contribution in [3.63, 3.8) is 0 Å². The van der Waals surface area contributed by atoms with Crippen LogP contribution in [0.15, 0.2) is 54.6 Å². The number of aromatic nitrogens is 4. The third-order valence-corrected chi connectivity index (χ3v) is 5.93. The van der Waals surface area contributed by atoms with Crippen LogP contribution in [0, 0.1) is 13.8 Å². The second-order valence-corrected chi connectivity index (χ2v) is 8.23. The molecule has 1 amide bonds. The molecule has 0 saturated carbocycles. The van der Waals surface area contributed by atoms with Gasteiger partial charge in [0.2, 0.25) is 5.91 Å². The number of hydrogen-bond acceptors (Lipinski definition) is 6. The van der Waals surface area contributed by atoms with E-state index in [2.05, 4.69) is 15.3 Å². The Bertz CT molecular complexity index is 1360. The Labute approximate surface area is 197 Å². The Morgan fingerprint density at radius 2 is 1.71 bits per heavy atom. The molecule has 34 heavy (non-hydrogen) atoms. The highest BCUT2D eigenvalue weighted by molar-refractivity contribution is 5.96. The van der Waals surface area contributed by atoms with Gasteiger partial charge in [0, 0.05) is 40.4 Å². The fourth-order valence-corrected chi connectivity index (χ4v) is 4.56. The highest BCUT2D eigenvalue weighted by atomic mass is 16.5. The number of amides is 1. The average Bonchev–Trinajstić information content (AvgIpc) is 3.22. The zero-order valence-corrected chi connectivity index (χ0v) is 19.5. The van der Waals surface area contributed by atoms with Gasteiger partial charge < -0.3 is 14.8 Å². The zero-order chi connectivity index (χ0) is 23.8. The van der Waals surface area contributed by atoms with E-state index < -0.39 is 0 Å². The number of methoxy groups -OCH3 is 2. The highest BCUT2D eigenvalue weighted by Crippen LogP contribution is 2.47. The monoisotopic (exact) mass is 455 g/mol. The molecule has 0 fully saturated rings. The van der Waals surface area contributed by atoms with E-state index in [0.717, 1.165) is 33.8 Å². The summed E-state index contributed by atoms with van der Waals surface area (Å²) in [7, 11) is 3.21. The first-order valence-electron chi connectivity index (χ1n) is 11.0. The Morgan fingerprint density at radius 3 is 2.38 bits per heavy atom. The minimum Gasteiger partial charge on any atom is -0.493 e. The van der Waals surface area contributed by atoms with Gasteiger partial charge in [-0.15, -0.1) is 0 Å². The van der Waals surface area contributed by atoms with E-state index in [0.29, 0.717) is 23.3 Å². The molecule has 5 rings (SSSR count). The van der Waals surface area contributed by atoms with Crippen molar-refractivity contribution in [3.8, 4) is 28.7 Å². The van der Waals surface area contributed by atoms with Gasteiger partial charge in [-0.2, -0.15) is 9.78 Å². The molecule has 8 heteroatoms. The van der Waals surface area contributed by atoms with Crippen molar-refractivity contribution in [3.05, 3.63) is 77.1 Å². The number of benzene rings is 2. The van der Waals surface area contributed by atoms with E-state index in [4.69, 9.17) is 14.6 Å². The summed E-state index contributed by atoms with van der Waals surface area (Å²) in [5.41, 5.74) is 5.08. The summed E-state index contributed by atoms with van der Waals surface area (Å²) in [5, 5.41) is 7.96. The minimum atomic E-state index is -0.302. The molecule has 0 saturated heterocycles. The smallest absolute Gasteiger partial charge is 0.252 e. The molecule has 1 atom stereocenters. The summed E-state index contributed by atoms with van der Waals surface area (Å²) < 4.78 is 12.9. The number of carbonyl (C=O) groups is 1. The van der Waals surface area contributed by atoms with E-state index in [1.807, 2.05) is 68.4 Å². The first-order valence-corrected chi connectivity index (χ1v) is 11.0. The van der Waals surface area contributed by atoms with E-state index in [-0.39, 0.29) is 18.2 Å². The Balaban J connectivity index is 1.81. The fraction of sp³-hybridized carbons (Fsp3) is 0.231. The predicted molar refractivity (Wildman–Crippen MR) is 129 cm³/mol. The van der Waals surface area contributed by atoms with Crippen molar-refractivity contribution in [2.75, 3.05) is 19.5 Å². The molecule has 8 nitrogen and oxygen atoms in total. The van der Waals surface area contributed by atoms with Crippen LogP contribution in [0.5, 0.6) is 11.5 Å². The first-order chi connectivity index (χ1) is 16.5. The lowest BCUT2D eigenvalue weighted by Gasteiger charge is -2.26. The summed E-state index contributed by atoms with van der Waals surface area (Å²) in [6, 6.07) is 17.5. The Kier molecular flexibility index (Phi) is 5.49. The number of nitrogens with one attached hydrogen (secondary N) is 1. The molecular formula is C26H25N5O3. The number of para-hydroxylation sites is 1. The van der Waals surface area contributed by atoms with Crippen LogP contribution in [0.4, 0.5) is 5.82 Å². The summed E-state index contributed by atoms with van der Waals surface area (Å²) in [5.74, 6) is 1.77. The summed E-state index contributed by atoms with van der Waals surface area (Å²) in [6.07, 6.45) is 0.246. The molecule has 3 heterocycles. The number of aryl methyl sites for hydroxylation is 2. The van der Waals surface area contributed by atoms with Crippen LogP contribution in [0.1, 0.15) is 34.9 Å². The lowest BCUT2D eigenvalue weighted by atomic mass is 9.83. The van der Waals surface area contributed by atoms with Crippen molar-refractivity contribution < 1.29 is 14.3 Å². The number of carbonyl (C=O) groups excluding carboxylic acids is 1. The quantitative estimate of drug-likeness (QED) is 0.479. The Morgan fingerprint density at radius 1 is 0.971 bits per heavy atom. The fourth-order valence-electron chi connectivity index (χ4n) is 4.56. The largest absolute Gasteiger partial charge is 0.493 e. The normalized spacial score (nSPS) is 14.9. The molecular weight excluding hydrogens is 430 g/mol. The molecule has 1 aliphatic rings. The molecule has 1 N–H and O–H groups in total. The van der Waals surface area contributed by atoms with Crippen molar-refractivity contribution in [1.29, 1.82) is 0 Å². The topological polar surface area (TPSA) is 91.2 Å². The van der Waals surface area contributed by atoms with Crippen LogP contribution in [0.2, 0.25) is 0 Å². The molecule has 172 valence electrons. The summed E-state index contributed by atoms with van der Waals surface area (Å²) in [6.45, 7) is 3.82. The Hall–Kier alpha value is -4.20. The van der Waals surface area contributed by atoms with Crippen LogP contribution in [0.25, 0.3) is 17.2 Å². The molecule has 2 aromatic heterocycles. The lowest BCUT2D eigenvalue weighted by Crippen LogP contribution is -2.25. The number of ether oxygens (including phenoxy) is 2. The van der Waals surface area contributed by atoms with E-state index in [1.165, 1.54) is 0 Å². The van der Waals surface area contributed by atoms with Gasteiger partial charge in [-0.25, -0.2) is 9.97 Å². The second kappa shape index (κ2) is 8.62. The summed E-state index contributed by atoms with van der Waals surface area (Å²) >= 11 is 0. The van der Waals surface area contributed by atoms with Gasteiger partial charge in [0.15, 0.2) is 11.5 Å². The molecule has 0 bridgehead atoms. The van der Waals surface area contributed by atoms with Crippen molar-refractivity contribution >= 4 is 11.7 Å². The van der Waals surface area contributed by atoms with Gasteiger partial charge in [0.25, 0.3) is 5.95 Å². The van der Waals surface area contributed by atoms with Crippen molar-refractivity contribution in [1.82, 2.24) is 19.7 Å². The van der Waals surface area contributed by atoms with Crippen LogP contribution in [0.3, 0.4) is 0 Å². The van der Waals surface area contributed by atoms with Crippen LogP contribution >= 0.6 is 0 Å². The van der Waals surface area contributed by atoms with Crippen molar-refractivity contribution in [2.24, 2.45) is 0 Å². The maximum atomic E-state index is 13.0. The van der Waals surface area contributed by atoms with E-state index >= 15 is 0 Å². The third-order valence-electron chi connectivity index (χ3n) is 5.93. The van der Waals surface area contributed by atoms with E-state index in [9.17, 15) is 4.79 Å². The number of rotatable bonds is 5. The van der Waals surface area contributed by atoms with Gasteiger partial charge in [-0.1, -0.05) is 42.5 Å². The second-order valence-electron chi connectivity index (χ2n) is 8.23. The number of fused-ring (bicyclic) bond motifs is 1. The lowest BCUT2D eigenvalue weighted by molar-refractivity contribution is -0.116. The molecule has 4 aromatic rings. The van der Waals surface area contributed by atoms with Crippen molar-refractivity contribution in [2.45, 2.75) is 26.2 Å². The zero-order valence-electron chi connectivity index (χ0n) is 19.5. The van der Waals surface area contributed by atoms with Gasteiger partial charge in [-0.05, 0) is 26.0 Å². The standard InChI is InChI=1S/C26H25N5O3/c1-15-13-16(2)28-26(27-15)31-25-22(23(30-31)17-9-6-5-7-10-17)19(14-21(32)29-25)18-11-8-12-20(33-3)24(18)34-4/h5-13,19H,14H2,1-4H3,(H,29,32). The van der Waals surface area contributed by atoms with Gasteiger partial charge in [-0.3, -0.25) is 4.79 Å². The SMILES string of the molecule is COc1cccc(C2CC(=O)Nc3c2c(-c2ccccc2)nn3-c2nc(C)cc(C)n2)c1OC. The maximum absolute atomic E-state index is 13.0. The number of hydrogen-bond donors (Lipinski definition) is 1. The van der Waals surface area contributed by atoms with E-state index in [1.54, 1.807) is 18.9 Å². The van der Waals surface area contributed by atoms with Gasteiger partial charge in [0.05, 0.1) is 19.9 Å². The van der Waals surface area contributed by atoms with Crippen LogP contribution in [-0.2, 0) is 4.79 Å². The average molecular weight is 456 g/mol. The predicted octanol–water partition coefficient (Wildman–Crippen LogP) is 4.44. The van der Waals surface area contributed by atoms with Gasteiger partial charge >= 0.3 is 0 Å². The molecule has 0 radical (unpaired) electrons. The maximum Gasteiger partial charge on any atom is 0.252 e. The van der Waals surface area contributed by atoms with Crippen LogP contribution in [-0.4, -0.2) is 39.9 Å². The first kappa shape index (κ1) is 21.6. The molecule has 0 aliphatic carbocycles. The summed E-state index contributed by atoms with van der Waals surface area (Å²) in [4.78, 5) is 22.2. The number of anilines is 1. The molecule has 1 aliphatic heterocycles. The van der Waals surface area contributed by atoms with Crippen LogP contribution < -0.4 is 14.8 Å². The minimum absolute atomic E-state index is 0.118. The molecule has 2 aromatic carbocycles. The molecule has 1 unspecified atom stereocenters.